The number of nitrogens with one attached hydrogen (secondary N) is 1. The summed E-state index contributed by atoms with van der Waals surface area (Å²) < 4.78 is 5.53. The molecule has 0 aliphatic carbocycles. The minimum atomic E-state index is -0.216. The number of benzene rings is 1. The third-order valence-corrected chi connectivity index (χ3v) is 2.11. The molecule has 1 N–H and O–H groups in total. The molecule has 0 atom stereocenters. The third kappa shape index (κ3) is 5.17. The highest BCUT2D eigenvalue weighted by Gasteiger charge is 1.98. The van der Waals surface area contributed by atoms with E-state index in [4.69, 9.17) is 4.74 Å². The highest BCUT2D eigenvalue weighted by atomic mass is 16.5. The van der Waals surface area contributed by atoms with Crippen LogP contribution in [0.25, 0.3) is 0 Å². The van der Waals surface area contributed by atoms with Crippen LogP contribution in [0, 0.1) is 0 Å². The molecule has 0 radical (unpaired) electrons. The molecule has 1 rings (SSSR count). The zero-order valence-electron chi connectivity index (χ0n) is 10.3. The van der Waals surface area contributed by atoms with Gasteiger partial charge in [0, 0.05) is 12.2 Å². The molecular formula is C13H18N2O2. The van der Waals surface area contributed by atoms with Crippen LogP contribution in [0.4, 0.5) is 5.69 Å². The highest BCUT2D eigenvalue weighted by molar-refractivity contribution is 5.98. The van der Waals surface area contributed by atoms with Gasteiger partial charge in [-0.3, -0.25) is 4.79 Å². The SMILES string of the molecule is C=CC(=O)Nc1ccc(OCCN(C)C)cc1. The molecule has 17 heavy (non-hydrogen) atoms. The van der Waals surface area contributed by atoms with E-state index in [0.29, 0.717) is 6.61 Å². The Bertz CT molecular complexity index is 372. The molecule has 0 aliphatic heterocycles. The lowest BCUT2D eigenvalue weighted by Gasteiger charge is -2.11. The first kappa shape index (κ1) is 13.3. The second kappa shape index (κ2) is 6.70. The molecule has 1 aromatic rings. The van der Waals surface area contributed by atoms with E-state index in [-0.39, 0.29) is 5.91 Å². The number of hydrogen-bond acceptors (Lipinski definition) is 3. The summed E-state index contributed by atoms with van der Waals surface area (Å²) in [5.74, 6) is 0.578. The quantitative estimate of drug-likeness (QED) is 0.762. The van der Waals surface area contributed by atoms with Gasteiger partial charge in [-0.25, -0.2) is 0 Å². The molecular weight excluding hydrogens is 216 g/mol. The molecule has 0 unspecified atom stereocenters. The Morgan fingerprint density at radius 2 is 2.06 bits per heavy atom. The van der Waals surface area contributed by atoms with Crippen molar-refractivity contribution in [3.63, 3.8) is 0 Å². The number of rotatable bonds is 6. The van der Waals surface area contributed by atoms with Crippen LogP contribution in [0.3, 0.4) is 0 Å². The standard InChI is InChI=1S/C13H18N2O2/c1-4-13(16)14-11-5-7-12(8-6-11)17-10-9-15(2)3/h4-8H,1,9-10H2,2-3H3,(H,14,16). The van der Waals surface area contributed by atoms with Crippen molar-refractivity contribution in [2.75, 3.05) is 32.6 Å². The van der Waals surface area contributed by atoms with E-state index in [1.54, 1.807) is 12.1 Å². The number of anilines is 1. The molecule has 0 saturated heterocycles. The lowest BCUT2D eigenvalue weighted by atomic mass is 10.3. The number of nitrogens with zero attached hydrogens (tertiary/aromatic N) is 1. The molecule has 0 aliphatic rings. The van der Waals surface area contributed by atoms with Crippen LogP contribution in [-0.4, -0.2) is 38.1 Å². The summed E-state index contributed by atoms with van der Waals surface area (Å²) in [6.07, 6.45) is 1.24. The number of ether oxygens (including phenoxy) is 1. The number of likely N-dealkylation sites (N-methyl/N-ethyl adjacent to an activating group) is 1. The average molecular weight is 234 g/mol. The summed E-state index contributed by atoms with van der Waals surface area (Å²) >= 11 is 0. The summed E-state index contributed by atoms with van der Waals surface area (Å²) in [4.78, 5) is 13.1. The van der Waals surface area contributed by atoms with E-state index in [9.17, 15) is 4.79 Å². The van der Waals surface area contributed by atoms with Crippen LogP contribution in [-0.2, 0) is 4.79 Å². The molecule has 0 heterocycles. The van der Waals surface area contributed by atoms with Gasteiger partial charge in [0.2, 0.25) is 5.91 Å². The summed E-state index contributed by atoms with van der Waals surface area (Å²) in [6, 6.07) is 7.25. The van der Waals surface area contributed by atoms with Crippen LogP contribution < -0.4 is 10.1 Å². The van der Waals surface area contributed by atoms with E-state index in [1.165, 1.54) is 6.08 Å². The minimum Gasteiger partial charge on any atom is -0.492 e. The fraction of sp³-hybridized carbons (Fsp3) is 0.308. The van der Waals surface area contributed by atoms with E-state index in [1.807, 2.05) is 26.2 Å². The van der Waals surface area contributed by atoms with Crippen LogP contribution in [0.1, 0.15) is 0 Å². The first-order valence-corrected chi connectivity index (χ1v) is 5.43. The Morgan fingerprint density at radius 1 is 1.41 bits per heavy atom. The monoisotopic (exact) mass is 234 g/mol. The zero-order valence-corrected chi connectivity index (χ0v) is 10.3. The lowest BCUT2D eigenvalue weighted by Crippen LogP contribution is -2.19. The van der Waals surface area contributed by atoms with E-state index in [0.717, 1.165) is 18.0 Å². The van der Waals surface area contributed by atoms with Gasteiger partial charge in [-0.1, -0.05) is 6.58 Å². The molecule has 0 fully saturated rings. The van der Waals surface area contributed by atoms with Gasteiger partial charge < -0.3 is 15.0 Å². The fourth-order valence-corrected chi connectivity index (χ4v) is 1.17. The van der Waals surface area contributed by atoms with Crippen molar-refractivity contribution < 1.29 is 9.53 Å². The van der Waals surface area contributed by atoms with Gasteiger partial charge in [0.15, 0.2) is 0 Å². The molecule has 0 spiro atoms. The number of carbonyl (C=O) groups excluding carboxylic acids is 1. The van der Waals surface area contributed by atoms with Crippen molar-refractivity contribution in [3.05, 3.63) is 36.9 Å². The number of hydrogen-bond donors (Lipinski definition) is 1. The second-order valence-electron chi connectivity index (χ2n) is 3.87. The van der Waals surface area contributed by atoms with Gasteiger partial charge in [0.1, 0.15) is 12.4 Å². The summed E-state index contributed by atoms with van der Waals surface area (Å²) in [5, 5.41) is 2.67. The smallest absolute Gasteiger partial charge is 0.247 e. The number of carbonyl (C=O) groups is 1. The molecule has 4 heteroatoms. The molecule has 1 aromatic carbocycles. The van der Waals surface area contributed by atoms with Crippen LogP contribution >= 0.6 is 0 Å². The summed E-state index contributed by atoms with van der Waals surface area (Å²) in [5.41, 5.74) is 0.731. The van der Waals surface area contributed by atoms with Gasteiger partial charge in [0.25, 0.3) is 0 Å². The van der Waals surface area contributed by atoms with Gasteiger partial charge in [0.05, 0.1) is 0 Å². The Balaban J connectivity index is 2.44. The molecule has 0 bridgehead atoms. The van der Waals surface area contributed by atoms with Gasteiger partial charge in [-0.15, -0.1) is 0 Å². The molecule has 0 aromatic heterocycles. The van der Waals surface area contributed by atoms with Crippen molar-refractivity contribution in [3.8, 4) is 5.75 Å². The van der Waals surface area contributed by atoms with Gasteiger partial charge in [-0.05, 0) is 44.4 Å². The predicted octanol–water partition coefficient (Wildman–Crippen LogP) is 1.75. The molecule has 1 amide bonds. The molecule has 0 saturated carbocycles. The van der Waals surface area contributed by atoms with Crippen LogP contribution in [0.15, 0.2) is 36.9 Å². The molecule has 92 valence electrons. The van der Waals surface area contributed by atoms with Gasteiger partial charge >= 0.3 is 0 Å². The zero-order chi connectivity index (χ0) is 12.7. The topological polar surface area (TPSA) is 41.6 Å². The van der Waals surface area contributed by atoms with E-state index >= 15 is 0 Å². The summed E-state index contributed by atoms with van der Waals surface area (Å²) in [6.45, 7) is 4.90. The lowest BCUT2D eigenvalue weighted by molar-refractivity contribution is -0.111. The Labute approximate surface area is 102 Å². The molecule has 4 nitrogen and oxygen atoms in total. The second-order valence-corrected chi connectivity index (χ2v) is 3.87. The maximum atomic E-state index is 11.0. The van der Waals surface area contributed by atoms with Crippen molar-refractivity contribution in [2.24, 2.45) is 0 Å². The van der Waals surface area contributed by atoms with Crippen molar-refractivity contribution >= 4 is 11.6 Å². The fourth-order valence-electron chi connectivity index (χ4n) is 1.17. The Hall–Kier alpha value is -1.81. The van der Waals surface area contributed by atoms with Crippen molar-refractivity contribution in [2.45, 2.75) is 0 Å². The first-order valence-electron chi connectivity index (χ1n) is 5.43. The van der Waals surface area contributed by atoms with Crippen LogP contribution in [0.5, 0.6) is 5.75 Å². The third-order valence-electron chi connectivity index (χ3n) is 2.11. The van der Waals surface area contributed by atoms with Crippen LogP contribution in [0.2, 0.25) is 0 Å². The number of amides is 1. The average Bonchev–Trinajstić information content (AvgIpc) is 2.31. The van der Waals surface area contributed by atoms with E-state index in [2.05, 4.69) is 16.8 Å². The Morgan fingerprint density at radius 3 is 2.59 bits per heavy atom. The normalized spacial score (nSPS) is 10.1. The minimum absolute atomic E-state index is 0.216. The van der Waals surface area contributed by atoms with E-state index < -0.39 is 0 Å². The maximum absolute atomic E-state index is 11.0. The largest absolute Gasteiger partial charge is 0.492 e. The summed E-state index contributed by atoms with van der Waals surface area (Å²) in [7, 11) is 3.99. The predicted molar refractivity (Wildman–Crippen MR) is 69.3 cm³/mol. The van der Waals surface area contributed by atoms with Crippen molar-refractivity contribution in [1.29, 1.82) is 0 Å². The van der Waals surface area contributed by atoms with Gasteiger partial charge in [-0.2, -0.15) is 0 Å². The highest BCUT2D eigenvalue weighted by Crippen LogP contribution is 2.15. The maximum Gasteiger partial charge on any atom is 0.247 e. The first-order chi connectivity index (χ1) is 8.11. The Kier molecular flexibility index (Phi) is 5.23. The van der Waals surface area contributed by atoms with Crippen molar-refractivity contribution in [1.82, 2.24) is 4.90 Å².